The van der Waals surface area contributed by atoms with E-state index in [2.05, 4.69) is 14.7 Å². The summed E-state index contributed by atoms with van der Waals surface area (Å²) in [7, 11) is 1.22. The van der Waals surface area contributed by atoms with Crippen molar-refractivity contribution in [2.45, 2.75) is 0 Å². The van der Waals surface area contributed by atoms with Crippen LogP contribution in [-0.2, 0) is 4.74 Å². The smallest absolute Gasteiger partial charge is 0.356 e. The Balaban J connectivity index is 2.42. The first kappa shape index (κ1) is 11.2. The van der Waals surface area contributed by atoms with Crippen LogP contribution in [0.25, 0.3) is 11.1 Å². The maximum absolute atomic E-state index is 13.7. The molecule has 0 aromatic carbocycles. The van der Waals surface area contributed by atoms with Crippen molar-refractivity contribution in [2.75, 3.05) is 7.11 Å². The third kappa shape index (κ3) is 2.28. The van der Waals surface area contributed by atoms with Gasteiger partial charge in [-0.25, -0.2) is 9.78 Å². The van der Waals surface area contributed by atoms with E-state index in [1.807, 2.05) is 0 Å². The highest BCUT2D eigenvalue weighted by Crippen LogP contribution is 2.20. The van der Waals surface area contributed by atoms with Gasteiger partial charge < -0.3 is 4.74 Å². The van der Waals surface area contributed by atoms with Crippen LogP contribution in [-0.4, -0.2) is 23.0 Å². The first-order valence-electron chi connectivity index (χ1n) is 4.87. The minimum atomic E-state index is -0.721. The minimum Gasteiger partial charge on any atom is -0.464 e. The second kappa shape index (κ2) is 4.69. The number of aromatic nitrogens is 2. The van der Waals surface area contributed by atoms with Crippen LogP contribution in [0.15, 0.2) is 36.7 Å². The Labute approximate surface area is 97.1 Å². The number of hydrogen-bond donors (Lipinski definition) is 0. The van der Waals surface area contributed by atoms with Gasteiger partial charge in [0.05, 0.1) is 7.11 Å². The predicted molar refractivity (Wildman–Crippen MR) is 58.8 cm³/mol. The van der Waals surface area contributed by atoms with Gasteiger partial charge in [-0.1, -0.05) is 6.07 Å². The molecule has 86 valence electrons. The van der Waals surface area contributed by atoms with E-state index in [9.17, 15) is 9.18 Å². The van der Waals surface area contributed by atoms with Crippen molar-refractivity contribution in [1.82, 2.24) is 9.97 Å². The maximum Gasteiger partial charge on any atom is 0.356 e. The summed E-state index contributed by atoms with van der Waals surface area (Å²) in [6.07, 6.45) is 3.12. The summed E-state index contributed by atoms with van der Waals surface area (Å²) >= 11 is 0. The molecule has 0 radical (unpaired) electrons. The van der Waals surface area contributed by atoms with Gasteiger partial charge in [0.2, 0.25) is 5.95 Å². The van der Waals surface area contributed by atoms with E-state index >= 15 is 0 Å². The van der Waals surface area contributed by atoms with E-state index in [-0.39, 0.29) is 5.69 Å². The molecule has 0 aliphatic carbocycles. The number of esters is 1. The molecule has 0 unspecified atom stereocenters. The molecule has 2 aromatic rings. The largest absolute Gasteiger partial charge is 0.464 e. The van der Waals surface area contributed by atoms with E-state index in [1.54, 1.807) is 18.3 Å². The van der Waals surface area contributed by atoms with E-state index in [1.165, 1.54) is 25.4 Å². The zero-order valence-corrected chi connectivity index (χ0v) is 9.05. The molecule has 0 aliphatic rings. The third-order valence-corrected chi connectivity index (χ3v) is 2.22. The molecule has 0 amide bonds. The van der Waals surface area contributed by atoms with Crippen molar-refractivity contribution in [3.05, 3.63) is 48.3 Å². The zero-order chi connectivity index (χ0) is 12.3. The van der Waals surface area contributed by atoms with Gasteiger partial charge in [0.15, 0.2) is 5.69 Å². The van der Waals surface area contributed by atoms with Crippen molar-refractivity contribution in [1.29, 1.82) is 0 Å². The molecule has 0 fully saturated rings. The lowest BCUT2D eigenvalue weighted by molar-refractivity contribution is 0.0592. The predicted octanol–water partition coefficient (Wildman–Crippen LogP) is 2.07. The molecule has 5 heteroatoms. The molecule has 0 saturated carbocycles. The van der Waals surface area contributed by atoms with Crippen LogP contribution in [0.5, 0.6) is 0 Å². The fraction of sp³-hybridized carbons (Fsp3) is 0.0833. The molecule has 2 heterocycles. The van der Waals surface area contributed by atoms with E-state index in [0.717, 1.165) is 0 Å². The Kier molecular flexibility index (Phi) is 3.09. The lowest BCUT2D eigenvalue weighted by Gasteiger charge is -2.03. The lowest BCUT2D eigenvalue weighted by atomic mass is 10.1. The van der Waals surface area contributed by atoms with E-state index in [4.69, 9.17) is 0 Å². The minimum absolute atomic E-state index is 0.0577. The average Bonchev–Trinajstić information content (AvgIpc) is 2.38. The molecular formula is C12H9FN2O2. The highest BCUT2D eigenvalue weighted by Gasteiger charge is 2.12. The fourth-order valence-electron chi connectivity index (χ4n) is 1.39. The topological polar surface area (TPSA) is 52.1 Å². The number of ether oxygens (including phenoxy) is 1. The van der Waals surface area contributed by atoms with Crippen molar-refractivity contribution < 1.29 is 13.9 Å². The maximum atomic E-state index is 13.7. The number of methoxy groups -OCH3 is 1. The van der Waals surface area contributed by atoms with Gasteiger partial charge >= 0.3 is 5.97 Å². The van der Waals surface area contributed by atoms with Gasteiger partial charge in [-0.3, -0.25) is 4.98 Å². The molecule has 17 heavy (non-hydrogen) atoms. The summed E-state index contributed by atoms with van der Waals surface area (Å²) in [4.78, 5) is 18.6. The van der Waals surface area contributed by atoms with Crippen LogP contribution in [0.2, 0.25) is 0 Å². The molecule has 2 aromatic heterocycles. The lowest BCUT2D eigenvalue weighted by Crippen LogP contribution is -2.06. The summed E-state index contributed by atoms with van der Waals surface area (Å²) in [6, 6.07) is 6.30. The Morgan fingerprint density at radius 3 is 2.76 bits per heavy atom. The summed E-state index contributed by atoms with van der Waals surface area (Å²) in [6.45, 7) is 0. The number of hydrogen-bond acceptors (Lipinski definition) is 4. The quantitative estimate of drug-likeness (QED) is 0.587. The molecule has 0 atom stereocenters. The van der Waals surface area contributed by atoms with Crippen LogP contribution in [0.1, 0.15) is 10.5 Å². The van der Waals surface area contributed by atoms with E-state index in [0.29, 0.717) is 11.1 Å². The second-order valence-electron chi connectivity index (χ2n) is 3.27. The summed E-state index contributed by atoms with van der Waals surface area (Å²) in [5.41, 5.74) is 0.845. The molecule has 0 saturated heterocycles. The van der Waals surface area contributed by atoms with Crippen LogP contribution in [0.4, 0.5) is 4.39 Å². The van der Waals surface area contributed by atoms with Crippen LogP contribution < -0.4 is 0 Å². The Morgan fingerprint density at radius 1 is 1.35 bits per heavy atom. The Morgan fingerprint density at radius 2 is 2.18 bits per heavy atom. The van der Waals surface area contributed by atoms with Crippen molar-refractivity contribution in [3.8, 4) is 11.1 Å². The summed E-state index contributed by atoms with van der Waals surface area (Å²) < 4.78 is 18.1. The monoisotopic (exact) mass is 232 g/mol. The molecule has 0 spiro atoms. The van der Waals surface area contributed by atoms with Crippen LogP contribution in [0.3, 0.4) is 0 Å². The van der Waals surface area contributed by atoms with Gasteiger partial charge in [-0.05, 0) is 18.2 Å². The van der Waals surface area contributed by atoms with Gasteiger partial charge in [-0.15, -0.1) is 0 Å². The second-order valence-corrected chi connectivity index (χ2v) is 3.27. The number of carbonyl (C=O) groups excluding carboxylic acids is 1. The standard InChI is InChI=1S/C12H9FN2O2/c1-17-12(16)10-5-4-9(11(13)15-10)8-3-2-6-14-7-8/h2-7H,1H3. The SMILES string of the molecule is COC(=O)c1ccc(-c2cccnc2)c(F)n1. The average molecular weight is 232 g/mol. The normalized spacial score (nSPS) is 10.0. The van der Waals surface area contributed by atoms with Crippen LogP contribution in [0, 0.1) is 5.95 Å². The first-order chi connectivity index (χ1) is 8.22. The number of rotatable bonds is 2. The zero-order valence-electron chi connectivity index (χ0n) is 9.05. The fourth-order valence-corrected chi connectivity index (χ4v) is 1.39. The summed E-state index contributed by atoms with van der Waals surface area (Å²) in [5, 5.41) is 0. The highest BCUT2D eigenvalue weighted by atomic mass is 19.1. The van der Waals surface area contributed by atoms with Crippen LogP contribution >= 0.6 is 0 Å². The molecular weight excluding hydrogens is 223 g/mol. The van der Waals surface area contributed by atoms with Crippen molar-refractivity contribution >= 4 is 5.97 Å². The first-order valence-corrected chi connectivity index (χ1v) is 4.87. The molecule has 0 N–H and O–H groups in total. The van der Waals surface area contributed by atoms with Crippen molar-refractivity contribution in [2.24, 2.45) is 0 Å². The molecule has 2 rings (SSSR count). The number of halogens is 1. The van der Waals surface area contributed by atoms with E-state index < -0.39 is 11.9 Å². The Hall–Kier alpha value is -2.30. The number of pyridine rings is 2. The third-order valence-electron chi connectivity index (χ3n) is 2.22. The molecule has 0 bridgehead atoms. The van der Waals surface area contributed by atoms with Gasteiger partial charge in [0, 0.05) is 23.5 Å². The highest BCUT2D eigenvalue weighted by molar-refractivity contribution is 5.87. The van der Waals surface area contributed by atoms with Crippen molar-refractivity contribution in [3.63, 3.8) is 0 Å². The molecule has 4 nitrogen and oxygen atoms in total. The summed E-state index contributed by atoms with van der Waals surface area (Å²) in [5.74, 6) is -1.39. The number of carbonyl (C=O) groups is 1. The van der Waals surface area contributed by atoms with Gasteiger partial charge in [0.25, 0.3) is 0 Å². The Bertz CT molecular complexity index is 543. The van der Waals surface area contributed by atoms with Gasteiger partial charge in [-0.2, -0.15) is 4.39 Å². The number of nitrogens with zero attached hydrogens (tertiary/aromatic N) is 2. The molecule has 0 aliphatic heterocycles. The van der Waals surface area contributed by atoms with Gasteiger partial charge in [0.1, 0.15) is 0 Å².